The summed E-state index contributed by atoms with van der Waals surface area (Å²) in [6.45, 7) is 0.399. The van der Waals surface area contributed by atoms with Crippen molar-refractivity contribution in [1.82, 2.24) is 14.9 Å². The zero-order chi connectivity index (χ0) is 23.0. The lowest BCUT2D eigenvalue weighted by Crippen LogP contribution is -2.45. The Morgan fingerprint density at radius 3 is 2.50 bits per heavy atom. The zero-order valence-corrected chi connectivity index (χ0v) is 19.1. The van der Waals surface area contributed by atoms with E-state index in [4.69, 9.17) is 16.3 Å². The Morgan fingerprint density at radius 1 is 1.09 bits per heavy atom. The molecule has 32 heavy (non-hydrogen) atoms. The lowest BCUT2D eigenvalue weighted by atomic mass is 10.2. The SMILES string of the molecule is O=C(CN(Cc1ccccc1Cl)C(=O)CNS(=O)(=O)c1ccccc1)NC[C@@H]1CCCO1. The Hall–Kier alpha value is -2.46. The van der Waals surface area contributed by atoms with Gasteiger partial charge in [0.1, 0.15) is 0 Å². The zero-order valence-electron chi connectivity index (χ0n) is 17.5. The van der Waals surface area contributed by atoms with Gasteiger partial charge in [-0.1, -0.05) is 48.0 Å². The third-order valence-corrected chi connectivity index (χ3v) is 6.81. The summed E-state index contributed by atoms with van der Waals surface area (Å²) >= 11 is 6.22. The van der Waals surface area contributed by atoms with Crippen molar-refractivity contribution in [2.24, 2.45) is 0 Å². The molecule has 0 bridgehead atoms. The predicted octanol–water partition coefficient (Wildman–Crippen LogP) is 1.94. The van der Waals surface area contributed by atoms with Gasteiger partial charge in [0.25, 0.3) is 0 Å². The summed E-state index contributed by atoms with van der Waals surface area (Å²) in [5, 5.41) is 3.23. The molecule has 172 valence electrons. The second-order valence-electron chi connectivity index (χ2n) is 7.42. The van der Waals surface area contributed by atoms with Gasteiger partial charge in [0.05, 0.1) is 24.1 Å². The Balaban J connectivity index is 1.65. The summed E-state index contributed by atoms with van der Waals surface area (Å²) in [6, 6.07) is 14.7. The van der Waals surface area contributed by atoms with Crippen molar-refractivity contribution < 1.29 is 22.7 Å². The van der Waals surface area contributed by atoms with Crippen LogP contribution in [0.3, 0.4) is 0 Å². The van der Waals surface area contributed by atoms with Gasteiger partial charge in [0.2, 0.25) is 21.8 Å². The minimum Gasteiger partial charge on any atom is -0.376 e. The number of rotatable bonds is 10. The van der Waals surface area contributed by atoms with Crippen LogP contribution in [0, 0.1) is 0 Å². The average molecular weight is 480 g/mol. The van der Waals surface area contributed by atoms with Gasteiger partial charge in [-0.2, -0.15) is 0 Å². The van der Waals surface area contributed by atoms with E-state index in [0.29, 0.717) is 23.7 Å². The van der Waals surface area contributed by atoms with Crippen LogP contribution in [0.4, 0.5) is 0 Å². The van der Waals surface area contributed by atoms with Crippen molar-refractivity contribution in [3.8, 4) is 0 Å². The highest BCUT2D eigenvalue weighted by atomic mass is 35.5. The molecule has 0 aliphatic carbocycles. The van der Waals surface area contributed by atoms with Gasteiger partial charge in [0, 0.05) is 24.7 Å². The van der Waals surface area contributed by atoms with E-state index >= 15 is 0 Å². The third-order valence-electron chi connectivity index (χ3n) is 5.02. The number of benzene rings is 2. The molecule has 1 atom stereocenters. The van der Waals surface area contributed by atoms with Crippen molar-refractivity contribution >= 4 is 33.4 Å². The van der Waals surface area contributed by atoms with Crippen LogP contribution in [-0.2, 0) is 30.9 Å². The molecular weight excluding hydrogens is 454 g/mol. The summed E-state index contributed by atoms with van der Waals surface area (Å²) in [5.41, 5.74) is 0.653. The van der Waals surface area contributed by atoms with Crippen molar-refractivity contribution in [2.75, 3.05) is 26.2 Å². The highest BCUT2D eigenvalue weighted by molar-refractivity contribution is 7.89. The maximum atomic E-state index is 12.9. The van der Waals surface area contributed by atoms with Crippen molar-refractivity contribution in [3.63, 3.8) is 0 Å². The molecule has 1 heterocycles. The van der Waals surface area contributed by atoms with Crippen molar-refractivity contribution in [1.29, 1.82) is 0 Å². The molecule has 0 saturated carbocycles. The van der Waals surface area contributed by atoms with E-state index in [1.165, 1.54) is 17.0 Å². The summed E-state index contributed by atoms with van der Waals surface area (Å²) in [4.78, 5) is 26.7. The standard InChI is InChI=1S/C22H26ClN3O5S/c23-20-11-5-4-7-17(20)15-26(16-21(27)24-13-18-8-6-12-31-18)22(28)14-25-32(29,30)19-9-2-1-3-10-19/h1-5,7,9-11,18,25H,6,8,12-16H2,(H,24,27)/t18-/m0/s1. The van der Waals surface area contributed by atoms with Crippen LogP contribution in [0.2, 0.25) is 5.02 Å². The van der Waals surface area contributed by atoms with Crippen LogP contribution in [-0.4, -0.2) is 57.5 Å². The number of sulfonamides is 1. The smallest absolute Gasteiger partial charge is 0.241 e. The highest BCUT2D eigenvalue weighted by Crippen LogP contribution is 2.17. The quantitative estimate of drug-likeness (QED) is 0.542. The van der Waals surface area contributed by atoms with Gasteiger partial charge < -0.3 is 15.0 Å². The molecule has 3 rings (SSSR count). The predicted molar refractivity (Wildman–Crippen MR) is 120 cm³/mol. The summed E-state index contributed by atoms with van der Waals surface area (Å²) in [7, 11) is -3.86. The monoisotopic (exact) mass is 479 g/mol. The Kier molecular flexibility index (Phi) is 8.63. The molecule has 0 spiro atoms. The van der Waals surface area contributed by atoms with Gasteiger partial charge in [-0.25, -0.2) is 13.1 Å². The topological polar surface area (TPSA) is 105 Å². The minimum atomic E-state index is -3.86. The minimum absolute atomic E-state index is 0.0237. The summed E-state index contributed by atoms with van der Waals surface area (Å²) in [5.74, 6) is -0.900. The van der Waals surface area contributed by atoms with Gasteiger partial charge >= 0.3 is 0 Å². The van der Waals surface area contributed by atoms with Crippen LogP contribution >= 0.6 is 11.6 Å². The first-order chi connectivity index (χ1) is 15.3. The molecule has 2 aromatic rings. The third kappa shape index (κ3) is 7.03. The number of ether oxygens (including phenoxy) is 1. The van der Waals surface area contributed by atoms with E-state index in [2.05, 4.69) is 10.0 Å². The second kappa shape index (κ2) is 11.4. The Bertz CT molecular complexity index is 1030. The number of hydrogen-bond donors (Lipinski definition) is 2. The number of halogens is 1. The molecule has 1 fully saturated rings. The maximum absolute atomic E-state index is 12.9. The average Bonchev–Trinajstić information content (AvgIpc) is 3.31. The van der Waals surface area contributed by atoms with E-state index in [9.17, 15) is 18.0 Å². The number of nitrogens with one attached hydrogen (secondary N) is 2. The van der Waals surface area contributed by atoms with E-state index in [1.54, 1.807) is 42.5 Å². The molecule has 1 aliphatic rings. The van der Waals surface area contributed by atoms with E-state index in [-0.39, 0.29) is 30.0 Å². The first kappa shape index (κ1) is 24.2. The summed E-state index contributed by atoms with van der Waals surface area (Å²) in [6.07, 6.45) is 1.81. The fourth-order valence-electron chi connectivity index (χ4n) is 3.28. The molecule has 0 aromatic heterocycles. The molecule has 2 aromatic carbocycles. The first-order valence-corrected chi connectivity index (χ1v) is 12.2. The molecule has 1 saturated heterocycles. The second-order valence-corrected chi connectivity index (χ2v) is 9.59. The van der Waals surface area contributed by atoms with Gasteiger partial charge in [0.15, 0.2) is 0 Å². The lowest BCUT2D eigenvalue weighted by Gasteiger charge is -2.23. The fourth-order valence-corrected chi connectivity index (χ4v) is 4.47. The van der Waals surface area contributed by atoms with Crippen molar-refractivity contribution in [3.05, 3.63) is 65.2 Å². The summed E-state index contributed by atoms with van der Waals surface area (Å²) < 4.78 is 32.7. The van der Waals surface area contributed by atoms with Crippen LogP contribution in [0.1, 0.15) is 18.4 Å². The van der Waals surface area contributed by atoms with Gasteiger partial charge in [-0.3, -0.25) is 9.59 Å². The molecular formula is C22H26ClN3O5S. The van der Waals surface area contributed by atoms with Crippen LogP contribution in [0.15, 0.2) is 59.5 Å². The number of nitrogens with zero attached hydrogens (tertiary/aromatic N) is 1. The van der Waals surface area contributed by atoms with Crippen LogP contribution in [0.5, 0.6) is 0 Å². The van der Waals surface area contributed by atoms with E-state index in [1.807, 2.05) is 0 Å². The lowest BCUT2D eigenvalue weighted by molar-refractivity contribution is -0.135. The molecule has 10 heteroatoms. The molecule has 1 aliphatic heterocycles. The normalized spacial score (nSPS) is 16.0. The molecule has 0 unspecified atom stereocenters. The maximum Gasteiger partial charge on any atom is 0.241 e. The first-order valence-electron chi connectivity index (χ1n) is 10.3. The van der Waals surface area contributed by atoms with E-state index in [0.717, 1.165) is 12.8 Å². The molecule has 8 nitrogen and oxygen atoms in total. The number of carbonyl (C=O) groups is 2. The molecule has 2 amide bonds. The van der Waals surface area contributed by atoms with E-state index < -0.39 is 22.5 Å². The highest BCUT2D eigenvalue weighted by Gasteiger charge is 2.23. The Morgan fingerprint density at radius 2 is 1.81 bits per heavy atom. The van der Waals surface area contributed by atoms with Gasteiger partial charge in [-0.05, 0) is 36.6 Å². The van der Waals surface area contributed by atoms with Crippen LogP contribution in [0.25, 0.3) is 0 Å². The van der Waals surface area contributed by atoms with Gasteiger partial charge in [-0.15, -0.1) is 0 Å². The van der Waals surface area contributed by atoms with Crippen molar-refractivity contribution in [2.45, 2.75) is 30.4 Å². The fraction of sp³-hybridized carbons (Fsp3) is 0.364. The number of amides is 2. The van der Waals surface area contributed by atoms with Crippen LogP contribution < -0.4 is 10.0 Å². The number of hydrogen-bond acceptors (Lipinski definition) is 5. The molecule has 2 N–H and O–H groups in total. The Labute approximate surface area is 192 Å². The molecule has 0 radical (unpaired) electrons. The largest absolute Gasteiger partial charge is 0.376 e. The number of carbonyl (C=O) groups excluding carboxylic acids is 2.